The molecule has 5 aromatic rings. The zero-order valence-corrected chi connectivity index (χ0v) is 17.9. The first-order valence-corrected chi connectivity index (χ1v) is 11.1. The van der Waals surface area contributed by atoms with Crippen molar-refractivity contribution in [3.05, 3.63) is 60.2 Å². The van der Waals surface area contributed by atoms with Gasteiger partial charge in [0.25, 0.3) is 0 Å². The topological polar surface area (TPSA) is 107 Å². The number of primary amides is 1. The van der Waals surface area contributed by atoms with Crippen molar-refractivity contribution in [3.63, 3.8) is 0 Å². The molecule has 0 aliphatic rings. The number of rotatable bonds is 3. The maximum atomic E-state index is 11.5. The third-order valence-corrected chi connectivity index (χ3v) is 6.93. The van der Waals surface area contributed by atoms with Gasteiger partial charge in [0.2, 0.25) is 0 Å². The SMILES string of the molecule is Cc1cn2c([AsH]c3cc(C)[nH]n3)nc(-c3c[c]c4c(ccn4C(N)=O)c3)cc2n1. The Morgan fingerprint density at radius 1 is 1.24 bits per heavy atom. The Labute approximate surface area is 172 Å². The molecule has 1 amide bonds. The summed E-state index contributed by atoms with van der Waals surface area (Å²) < 4.78 is 5.44. The second-order valence-corrected chi connectivity index (χ2v) is 9.39. The molecule has 1 radical (unpaired) electrons. The van der Waals surface area contributed by atoms with Crippen LogP contribution in [-0.2, 0) is 0 Å². The van der Waals surface area contributed by atoms with Crippen LogP contribution in [0.4, 0.5) is 4.79 Å². The van der Waals surface area contributed by atoms with Crippen molar-refractivity contribution in [3.8, 4) is 11.3 Å². The summed E-state index contributed by atoms with van der Waals surface area (Å²) in [6.07, 6.45) is 3.66. The molecule has 0 saturated carbocycles. The molecule has 0 aliphatic carbocycles. The van der Waals surface area contributed by atoms with Crippen LogP contribution in [-0.4, -0.2) is 50.9 Å². The molecule has 9 heteroatoms. The van der Waals surface area contributed by atoms with E-state index in [0.29, 0.717) is 5.52 Å². The summed E-state index contributed by atoms with van der Waals surface area (Å²) in [6, 6.07) is 12.3. The molecule has 143 valence electrons. The fourth-order valence-electron chi connectivity index (χ4n) is 3.35. The molecular weight excluding hydrogens is 429 g/mol. The predicted octanol–water partition coefficient (Wildman–Crippen LogP) is 0.805. The number of aromatic nitrogens is 6. The van der Waals surface area contributed by atoms with Crippen molar-refractivity contribution in [2.75, 3.05) is 0 Å². The number of nitrogens with zero attached hydrogens (tertiary/aromatic N) is 5. The number of carbonyl (C=O) groups excluding carboxylic acids is 1. The fraction of sp³-hybridized carbons (Fsp3) is 0.100. The van der Waals surface area contributed by atoms with Crippen LogP contribution < -0.4 is 14.8 Å². The van der Waals surface area contributed by atoms with Gasteiger partial charge in [0.1, 0.15) is 0 Å². The Morgan fingerprint density at radius 2 is 2.10 bits per heavy atom. The number of nitrogens with one attached hydrogen (secondary N) is 1. The molecule has 4 aromatic heterocycles. The summed E-state index contributed by atoms with van der Waals surface area (Å²) in [6.45, 7) is 3.97. The van der Waals surface area contributed by atoms with E-state index in [9.17, 15) is 4.79 Å². The van der Waals surface area contributed by atoms with Gasteiger partial charge in [-0.15, -0.1) is 0 Å². The van der Waals surface area contributed by atoms with Crippen molar-refractivity contribution >= 4 is 47.4 Å². The van der Waals surface area contributed by atoms with Gasteiger partial charge in [-0.2, -0.15) is 0 Å². The first kappa shape index (κ1) is 17.7. The fourth-order valence-corrected chi connectivity index (χ4v) is 5.67. The minimum atomic E-state index is -0.754. The monoisotopic (exact) mass is 446 g/mol. The van der Waals surface area contributed by atoms with Crippen LogP contribution in [0.25, 0.3) is 27.8 Å². The first-order chi connectivity index (χ1) is 14.0. The molecule has 3 N–H and O–H groups in total. The number of hydrogen-bond donors (Lipinski definition) is 2. The van der Waals surface area contributed by atoms with Crippen molar-refractivity contribution in [1.29, 1.82) is 0 Å². The molecule has 8 nitrogen and oxygen atoms in total. The number of hydrogen-bond acceptors (Lipinski definition) is 4. The number of benzene rings is 1. The normalized spacial score (nSPS) is 11.9. The van der Waals surface area contributed by atoms with Gasteiger partial charge in [0.05, 0.1) is 0 Å². The van der Waals surface area contributed by atoms with E-state index in [2.05, 4.69) is 31.7 Å². The van der Waals surface area contributed by atoms with Gasteiger partial charge in [0, 0.05) is 0 Å². The van der Waals surface area contributed by atoms with E-state index in [1.807, 2.05) is 44.3 Å². The molecule has 1 aromatic carbocycles. The van der Waals surface area contributed by atoms with E-state index in [4.69, 9.17) is 10.7 Å². The molecule has 29 heavy (non-hydrogen) atoms. The van der Waals surface area contributed by atoms with Crippen LogP contribution in [0.5, 0.6) is 0 Å². The van der Waals surface area contributed by atoms with Crippen LogP contribution in [0.15, 0.2) is 42.7 Å². The van der Waals surface area contributed by atoms with E-state index in [1.54, 1.807) is 6.20 Å². The number of aromatic amines is 1. The van der Waals surface area contributed by atoms with E-state index in [-0.39, 0.29) is 0 Å². The van der Waals surface area contributed by atoms with E-state index >= 15 is 0 Å². The van der Waals surface area contributed by atoms with Gasteiger partial charge in [-0.05, 0) is 0 Å². The summed E-state index contributed by atoms with van der Waals surface area (Å²) in [4.78, 5) is 21.1. The number of H-pyrrole nitrogens is 1. The number of imidazole rings is 1. The van der Waals surface area contributed by atoms with Gasteiger partial charge in [-0.3, -0.25) is 0 Å². The molecule has 0 aliphatic heterocycles. The molecule has 0 spiro atoms. The standard InChI is InChI=1S/C20H17AsN7O/c1-11-7-17(26-25-11)21-19-24-15(9-18-23-12(2)10-28(18)19)13-3-4-16-14(8-13)5-6-27(16)20(22)29/h3,5-10,21H,1-2H3,(H2,22,29)(H,25,26). The van der Waals surface area contributed by atoms with Gasteiger partial charge >= 0.3 is 172 Å². The Hall–Kier alpha value is -3.38. The maximum absolute atomic E-state index is 11.5. The number of amides is 1. The van der Waals surface area contributed by atoms with Gasteiger partial charge in [-0.25, -0.2) is 0 Å². The zero-order chi connectivity index (χ0) is 20.1. The summed E-state index contributed by atoms with van der Waals surface area (Å²) in [5.41, 5.74) is 10.6. The zero-order valence-electron chi connectivity index (χ0n) is 15.8. The summed E-state index contributed by atoms with van der Waals surface area (Å²) in [5, 5.41) is 8.27. The van der Waals surface area contributed by atoms with Crippen LogP contribution in [0.1, 0.15) is 11.4 Å². The Morgan fingerprint density at radius 3 is 2.86 bits per heavy atom. The molecule has 0 bridgehead atoms. The summed E-state index contributed by atoms with van der Waals surface area (Å²) >= 11 is -0.754. The van der Waals surface area contributed by atoms with Crippen LogP contribution in [0, 0.1) is 19.9 Å². The first-order valence-electron chi connectivity index (χ1n) is 8.97. The second kappa shape index (κ2) is 6.60. The average molecular weight is 446 g/mol. The summed E-state index contributed by atoms with van der Waals surface area (Å²) in [5.74, 6) is 0. The minimum absolute atomic E-state index is 0.529. The van der Waals surface area contributed by atoms with Crippen LogP contribution in [0.2, 0.25) is 0 Å². The van der Waals surface area contributed by atoms with Gasteiger partial charge < -0.3 is 0 Å². The third-order valence-electron chi connectivity index (χ3n) is 4.65. The van der Waals surface area contributed by atoms with Crippen LogP contribution >= 0.6 is 0 Å². The molecule has 1 unspecified atom stereocenters. The molecule has 4 heterocycles. The van der Waals surface area contributed by atoms with Gasteiger partial charge in [-0.1, -0.05) is 0 Å². The van der Waals surface area contributed by atoms with E-state index < -0.39 is 21.8 Å². The van der Waals surface area contributed by atoms with Gasteiger partial charge in [0.15, 0.2) is 0 Å². The van der Waals surface area contributed by atoms with Crippen molar-refractivity contribution < 1.29 is 4.79 Å². The molecule has 5 rings (SSSR count). The Balaban J connectivity index is 1.64. The van der Waals surface area contributed by atoms with E-state index in [0.717, 1.165) is 42.8 Å². The van der Waals surface area contributed by atoms with Crippen molar-refractivity contribution in [2.45, 2.75) is 13.8 Å². The Bertz CT molecular complexity index is 1390. The molecule has 0 fully saturated rings. The average Bonchev–Trinajstić information content (AvgIpc) is 3.38. The third kappa shape index (κ3) is 3.11. The number of fused-ring (bicyclic) bond motifs is 2. The predicted molar refractivity (Wildman–Crippen MR) is 112 cm³/mol. The molecule has 1 atom stereocenters. The number of carbonyl (C=O) groups is 1. The number of nitrogens with two attached hydrogens (primary N) is 1. The quantitative estimate of drug-likeness (QED) is 0.400. The second-order valence-electron chi connectivity index (χ2n) is 6.85. The molecule has 0 saturated heterocycles. The summed E-state index contributed by atoms with van der Waals surface area (Å²) in [7, 11) is 0. The van der Waals surface area contributed by atoms with Crippen molar-refractivity contribution in [1.82, 2.24) is 29.1 Å². The Kier molecular flexibility index (Phi) is 4.03. The molecular formula is C20H17AsN7O. The van der Waals surface area contributed by atoms with Crippen molar-refractivity contribution in [2.24, 2.45) is 5.73 Å². The van der Waals surface area contributed by atoms with Crippen LogP contribution in [0.3, 0.4) is 0 Å². The number of aryl methyl sites for hydroxylation is 2. The van der Waals surface area contributed by atoms with E-state index in [1.165, 1.54) is 4.57 Å².